The third kappa shape index (κ3) is 19.7. The molecular weight excluding hydrogens is 1480 g/mol. The number of hydrogen-bond donors (Lipinski definition) is 8. The lowest BCUT2D eigenvalue weighted by Gasteiger charge is -2.15. The molecule has 8 heterocycles. The summed E-state index contributed by atoms with van der Waals surface area (Å²) in [6.45, 7) is 19.7. The van der Waals surface area contributed by atoms with Gasteiger partial charge in [-0.05, 0) is 171 Å². The number of benzene rings is 4. The van der Waals surface area contributed by atoms with Gasteiger partial charge in [-0.15, -0.1) is 13.2 Å². The lowest BCUT2D eigenvalue weighted by Crippen LogP contribution is -2.07. The van der Waals surface area contributed by atoms with Gasteiger partial charge < -0.3 is 41.7 Å². The maximum absolute atomic E-state index is 11.2. The van der Waals surface area contributed by atoms with E-state index in [9.17, 15) is 19.2 Å². The number of aromatic nitrogens is 8. The zero-order chi connectivity index (χ0) is 74.7. The SMILES string of the molecule is C=CCc1c(C)nc(-c2ccsc2)nc1Nc1ccc(C(=O)O)c(Cl)c1.C=CCc1c(CC)nc(-c2ccsc2)nc1Nc1ccc(C(=O)O)c(Cl)c1.CCc1c(C)nc(-c2ccsc2)nc1Nc1ccc(C(=O)O)c(Cl)c1.CCc1nc(-c2ccsc2)nc(Nc2ccc(C(=O)O)c(Cl)c2)c1CC. The van der Waals surface area contributed by atoms with Crippen LogP contribution in [0.25, 0.3) is 45.6 Å². The van der Waals surface area contributed by atoms with Gasteiger partial charge in [-0.1, -0.05) is 86.3 Å². The van der Waals surface area contributed by atoms with Gasteiger partial charge in [-0.3, -0.25) is 0 Å². The molecule has 0 spiro atoms. The molecule has 104 heavy (non-hydrogen) atoms. The van der Waals surface area contributed by atoms with Crippen LogP contribution in [0.15, 0.2) is 165 Å². The second-order valence-electron chi connectivity index (χ2n) is 22.5. The number of allylic oxidation sites excluding steroid dienone is 2. The molecule has 0 radical (unpaired) electrons. The number of hydrogen-bond acceptors (Lipinski definition) is 20. The number of thiophene rings is 4. The van der Waals surface area contributed by atoms with Crippen molar-refractivity contribution in [3.8, 4) is 45.6 Å². The van der Waals surface area contributed by atoms with Crippen LogP contribution in [0.4, 0.5) is 46.0 Å². The average molecular weight is 1550 g/mol. The summed E-state index contributed by atoms with van der Waals surface area (Å²) in [5, 5.41) is 66.1. The van der Waals surface area contributed by atoms with E-state index in [2.05, 4.69) is 75.1 Å². The van der Waals surface area contributed by atoms with E-state index in [0.717, 1.165) is 98.8 Å². The summed E-state index contributed by atoms with van der Waals surface area (Å²) in [6.07, 6.45) is 7.96. The fourth-order valence-electron chi connectivity index (χ4n) is 10.5. The summed E-state index contributed by atoms with van der Waals surface area (Å²) in [4.78, 5) is 81.8. The van der Waals surface area contributed by atoms with E-state index in [4.69, 9.17) is 86.8 Å². The number of nitrogens with zero attached hydrogens (tertiary/aromatic N) is 8. The molecule has 0 unspecified atom stereocenters. The Kier molecular flexibility index (Phi) is 27.5. The van der Waals surface area contributed by atoms with Crippen LogP contribution in [0.1, 0.15) is 114 Å². The first-order chi connectivity index (χ1) is 50.0. The van der Waals surface area contributed by atoms with Crippen LogP contribution in [0.2, 0.25) is 20.1 Å². The Labute approximate surface area is 636 Å². The first-order valence-corrected chi connectivity index (χ1v) is 37.4. The van der Waals surface area contributed by atoms with Crippen LogP contribution < -0.4 is 21.3 Å². The van der Waals surface area contributed by atoms with Gasteiger partial charge in [-0.25, -0.2) is 59.0 Å². The Morgan fingerprint density at radius 2 is 0.644 bits per heavy atom. The molecule has 8 aromatic heterocycles. The second-order valence-corrected chi connectivity index (χ2v) is 27.3. The first-order valence-electron chi connectivity index (χ1n) is 32.1. The van der Waals surface area contributed by atoms with E-state index in [-0.39, 0.29) is 42.3 Å². The van der Waals surface area contributed by atoms with Crippen molar-refractivity contribution in [2.75, 3.05) is 21.3 Å². The zero-order valence-corrected chi connectivity index (χ0v) is 63.1. The fourth-order valence-corrected chi connectivity index (χ4v) is 14.1. The quantitative estimate of drug-likeness (QED) is 0.0261. The third-order valence-electron chi connectivity index (χ3n) is 15.7. The van der Waals surface area contributed by atoms with Crippen molar-refractivity contribution in [3.05, 3.63) is 253 Å². The summed E-state index contributed by atoms with van der Waals surface area (Å²) < 4.78 is 0. The lowest BCUT2D eigenvalue weighted by molar-refractivity contribution is 0.0686. The smallest absolute Gasteiger partial charge is 0.337 e. The highest BCUT2D eigenvalue weighted by atomic mass is 35.5. The van der Waals surface area contributed by atoms with Crippen molar-refractivity contribution < 1.29 is 39.6 Å². The van der Waals surface area contributed by atoms with E-state index in [1.54, 1.807) is 100.0 Å². The third-order valence-corrected chi connectivity index (χ3v) is 19.6. The Balaban J connectivity index is 0.000000161. The maximum Gasteiger partial charge on any atom is 0.337 e. The van der Waals surface area contributed by atoms with E-state index >= 15 is 0 Å². The number of carbonyl (C=O) groups is 4. The number of aromatic carboxylic acids is 4. The monoisotopic (exact) mass is 1540 g/mol. The van der Waals surface area contributed by atoms with Crippen LogP contribution >= 0.6 is 91.8 Å². The molecule has 8 N–H and O–H groups in total. The maximum atomic E-state index is 11.2. The second kappa shape index (κ2) is 36.7. The van der Waals surface area contributed by atoms with E-state index in [1.165, 1.54) is 24.3 Å². The minimum absolute atomic E-state index is 0.0568. The summed E-state index contributed by atoms with van der Waals surface area (Å²) in [5.41, 5.74) is 14.5. The van der Waals surface area contributed by atoms with Crippen LogP contribution in [0.3, 0.4) is 0 Å². The van der Waals surface area contributed by atoms with Crippen LogP contribution in [0, 0.1) is 13.8 Å². The van der Waals surface area contributed by atoms with Crippen molar-refractivity contribution >= 4 is 162 Å². The molecule has 0 saturated heterocycles. The number of carboxylic acids is 4. The molecule has 0 amide bonds. The summed E-state index contributed by atoms with van der Waals surface area (Å²) >= 11 is 30.7. The molecule has 4 aromatic carbocycles. The lowest BCUT2D eigenvalue weighted by atomic mass is 10.1. The van der Waals surface area contributed by atoms with E-state index < -0.39 is 23.9 Å². The highest BCUT2D eigenvalue weighted by Crippen LogP contribution is 2.35. The van der Waals surface area contributed by atoms with Crippen molar-refractivity contribution in [2.45, 2.75) is 80.1 Å². The minimum Gasteiger partial charge on any atom is -0.478 e. The van der Waals surface area contributed by atoms with Crippen molar-refractivity contribution in [1.29, 1.82) is 0 Å². The molecule has 0 aliphatic heterocycles. The Morgan fingerprint density at radius 1 is 0.375 bits per heavy atom. The molecule has 532 valence electrons. The van der Waals surface area contributed by atoms with Gasteiger partial charge in [0.15, 0.2) is 23.3 Å². The van der Waals surface area contributed by atoms with Gasteiger partial charge in [0.1, 0.15) is 23.3 Å². The predicted octanol–water partition coefficient (Wildman–Crippen LogP) is 21.5. The standard InChI is InChI=1S/C20H18ClN3O2S.C19H16ClN3O2S.C19H18ClN3O2S.C18H16ClN3O2S/c1-3-5-15-17(4-2)23-18(12-8-9-27-11-12)24-19(15)22-13-6-7-14(20(25)26)16(21)10-13;1-3-4-14-11(2)21-17(12-7-8-26-10-12)23-18(14)22-13-5-6-15(19(24)25)16(20)9-13;1-3-13-16(4-2)22-17(11-7-8-26-10-11)23-18(13)21-12-5-6-14(19(24)25)15(20)9-12;1-3-13-10(2)20-16(11-6-7-25-9-11)22-17(13)21-12-4-5-14(18(23)24)15(19)8-12/h3,6-11H,1,4-5H2,2H3,(H,25,26)(H,22,23,24);3,5-10H,1,4H2,2H3,(H,24,25)(H,21,22,23);5-10H,3-4H2,1-2H3,(H,24,25)(H,21,22,23);4-9H,3H2,1-2H3,(H,23,24)(H,20,21,22). The van der Waals surface area contributed by atoms with Gasteiger partial charge in [0.05, 0.1) is 42.3 Å². The number of carboxylic acid groups (broad SMARTS) is 4. The average Bonchev–Trinajstić information content (AvgIpc) is 1.28. The molecule has 0 atom stereocenters. The molecule has 0 aliphatic rings. The number of aryl methyl sites for hydroxylation is 4. The van der Waals surface area contributed by atoms with Gasteiger partial charge >= 0.3 is 23.9 Å². The topological polar surface area (TPSA) is 300 Å². The van der Waals surface area contributed by atoms with Gasteiger partial charge in [-0.2, -0.15) is 45.3 Å². The fraction of sp³-hybridized carbons (Fsp3) is 0.158. The molecule has 0 aliphatic carbocycles. The molecule has 12 aromatic rings. The Bertz CT molecular complexity index is 5080. The largest absolute Gasteiger partial charge is 0.478 e. The van der Waals surface area contributed by atoms with Crippen molar-refractivity contribution in [3.63, 3.8) is 0 Å². The van der Waals surface area contributed by atoms with Gasteiger partial charge in [0.25, 0.3) is 0 Å². The number of anilines is 8. The zero-order valence-electron chi connectivity index (χ0n) is 56.8. The number of halogens is 4. The molecule has 0 saturated carbocycles. The Morgan fingerprint density at radius 3 is 0.913 bits per heavy atom. The van der Waals surface area contributed by atoms with Crippen LogP contribution in [0.5, 0.6) is 0 Å². The minimum atomic E-state index is -1.06. The predicted molar refractivity (Wildman–Crippen MR) is 423 cm³/mol. The summed E-state index contributed by atoms with van der Waals surface area (Å²) in [5.74, 6) is 1.14. The van der Waals surface area contributed by atoms with Gasteiger partial charge in [0.2, 0.25) is 0 Å². The first kappa shape index (κ1) is 77.9. The molecule has 0 fully saturated rings. The van der Waals surface area contributed by atoms with Crippen LogP contribution in [-0.4, -0.2) is 84.2 Å². The van der Waals surface area contributed by atoms with Gasteiger partial charge in [0, 0.05) is 112 Å². The van der Waals surface area contributed by atoms with E-state index in [1.807, 2.05) is 94.2 Å². The normalized spacial score (nSPS) is 10.6. The van der Waals surface area contributed by atoms with E-state index in [0.29, 0.717) is 76.3 Å². The molecule has 20 nitrogen and oxygen atoms in total. The van der Waals surface area contributed by atoms with Crippen molar-refractivity contribution in [2.24, 2.45) is 0 Å². The molecule has 28 heteroatoms. The Hall–Kier alpha value is -10.3. The number of nitrogens with one attached hydrogen (secondary N) is 4. The summed E-state index contributed by atoms with van der Waals surface area (Å²) in [6, 6.07) is 26.9. The highest BCUT2D eigenvalue weighted by molar-refractivity contribution is 7.09. The highest BCUT2D eigenvalue weighted by Gasteiger charge is 2.21. The van der Waals surface area contributed by atoms with Crippen LogP contribution in [-0.2, 0) is 38.5 Å². The van der Waals surface area contributed by atoms with Crippen molar-refractivity contribution in [1.82, 2.24) is 39.9 Å². The summed E-state index contributed by atoms with van der Waals surface area (Å²) in [7, 11) is 0. The molecular formula is C76H68Cl4N12O8S4. The molecule has 0 bridgehead atoms. The molecule has 12 rings (SSSR count). The number of rotatable bonds is 24.